The number of piperidine rings is 1. The van der Waals surface area contributed by atoms with Crippen LogP contribution in [0.5, 0.6) is 0 Å². The lowest BCUT2D eigenvalue weighted by Gasteiger charge is -2.43. The molecule has 3 fully saturated rings. The van der Waals surface area contributed by atoms with Crippen molar-refractivity contribution in [1.82, 2.24) is 39.6 Å². The molecule has 13 nitrogen and oxygen atoms in total. The van der Waals surface area contributed by atoms with E-state index in [1.807, 2.05) is 55.8 Å². The zero-order valence-electron chi connectivity index (χ0n) is 31.3. The van der Waals surface area contributed by atoms with Gasteiger partial charge in [0, 0.05) is 82.1 Å². The fraction of sp³-hybridized carbons (Fsp3) is 0.400. The van der Waals surface area contributed by atoms with Gasteiger partial charge in [0.15, 0.2) is 11.6 Å². The fourth-order valence-electron chi connectivity index (χ4n) is 8.07. The number of hydrogen-bond acceptors (Lipinski definition) is 10. The van der Waals surface area contributed by atoms with Crippen LogP contribution in [0.2, 0.25) is 0 Å². The monoisotopic (exact) mass is 749 g/mol. The number of urea groups is 1. The van der Waals surface area contributed by atoms with E-state index in [2.05, 4.69) is 57.4 Å². The predicted octanol–water partition coefficient (Wildman–Crippen LogP) is 6.03. The molecule has 3 aliphatic rings. The van der Waals surface area contributed by atoms with Crippen molar-refractivity contribution in [3.05, 3.63) is 83.9 Å². The first kappa shape index (κ1) is 36.4. The van der Waals surface area contributed by atoms with Crippen molar-refractivity contribution in [2.24, 2.45) is 0 Å². The SMILES string of the molecule is Cc1nc2c(F)cc(-c3nc(Nc4ccc(N5CCC(N6CCN(Cc7ccc(N8CCC(=O)NC8=O)cc7)CC6)CC5)cn4)ncc3F)cc2n1C(C)C. The number of halogens is 2. The van der Waals surface area contributed by atoms with E-state index >= 15 is 8.78 Å². The Kier molecular flexibility index (Phi) is 10.1. The van der Waals surface area contributed by atoms with E-state index in [4.69, 9.17) is 0 Å². The Hall–Kier alpha value is -5.54. The summed E-state index contributed by atoms with van der Waals surface area (Å²) in [5.41, 5.74) is 4.18. The van der Waals surface area contributed by atoms with Crippen molar-refractivity contribution in [3.8, 4) is 11.3 Å². The molecule has 0 unspecified atom stereocenters. The summed E-state index contributed by atoms with van der Waals surface area (Å²) in [6.45, 7) is 13.0. The van der Waals surface area contributed by atoms with E-state index in [9.17, 15) is 9.59 Å². The molecule has 0 spiro atoms. The van der Waals surface area contributed by atoms with Gasteiger partial charge in [0.25, 0.3) is 0 Å². The molecule has 286 valence electrons. The summed E-state index contributed by atoms with van der Waals surface area (Å²) in [7, 11) is 0. The van der Waals surface area contributed by atoms with Gasteiger partial charge in [0.05, 0.1) is 23.6 Å². The Bertz CT molecular complexity index is 2190. The predicted molar refractivity (Wildman–Crippen MR) is 207 cm³/mol. The van der Waals surface area contributed by atoms with Crippen LogP contribution in [0.3, 0.4) is 0 Å². The zero-order chi connectivity index (χ0) is 38.2. The quantitative estimate of drug-likeness (QED) is 0.184. The number of piperazine rings is 1. The average molecular weight is 750 g/mol. The van der Waals surface area contributed by atoms with E-state index in [0.29, 0.717) is 41.7 Å². The van der Waals surface area contributed by atoms with Crippen LogP contribution in [0.15, 0.2) is 60.9 Å². The smallest absolute Gasteiger partial charge is 0.328 e. The van der Waals surface area contributed by atoms with E-state index in [-0.39, 0.29) is 35.1 Å². The summed E-state index contributed by atoms with van der Waals surface area (Å²) >= 11 is 0. The molecule has 2 aromatic carbocycles. The van der Waals surface area contributed by atoms with E-state index in [1.165, 1.54) is 11.6 Å². The number of carbonyl (C=O) groups excluding carboxylic acids is 2. The number of benzene rings is 2. The molecular weight excluding hydrogens is 705 g/mol. The van der Waals surface area contributed by atoms with Gasteiger partial charge in [-0.15, -0.1) is 0 Å². The van der Waals surface area contributed by atoms with Gasteiger partial charge >= 0.3 is 6.03 Å². The van der Waals surface area contributed by atoms with Crippen molar-refractivity contribution < 1.29 is 18.4 Å². The first-order valence-electron chi connectivity index (χ1n) is 19.0. The van der Waals surface area contributed by atoms with Gasteiger partial charge in [-0.2, -0.15) is 0 Å². The summed E-state index contributed by atoms with van der Waals surface area (Å²) in [5, 5.41) is 5.46. The lowest BCUT2D eigenvalue weighted by atomic mass is 10.0. The number of hydrogen-bond donors (Lipinski definition) is 2. The molecule has 55 heavy (non-hydrogen) atoms. The molecule has 0 saturated carbocycles. The third-order valence-electron chi connectivity index (χ3n) is 10.9. The molecule has 3 saturated heterocycles. The molecule has 0 atom stereocenters. The summed E-state index contributed by atoms with van der Waals surface area (Å²) in [5.74, 6) is -0.0486. The molecule has 3 aromatic heterocycles. The third-order valence-corrected chi connectivity index (χ3v) is 10.9. The highest BCUT2D eigenvalue weighted by Crippen LogP contribution is 2.31. The first-order chi connectivity index (χ1) is 26.6. The maximum atomic E-state index is 15.1. The number of imide groups is 1. The standard InChI is InChI=1S/C40H45F2N11O2/c1-25(2)53-26(3)45-38-32(41)20-28(21-34(38)53)37-33(42)23-44-39(48-37)46-35-9-8-31(22-43-35)50-13-10-29(11-14-50)51-18-16-49(17-19-51)24-27-4-6-30(7-5-27)52-15-12-36(54)47-40(52)55/h4-9,20-23,25,29H,10-19,24H2,1-3H3,(H,47,54,55)(H,43,44,46,48). The van der Waals surface area contributed by atoms with Crippen molar-refractivity contribution in [2.75, 3.05) is 60.9 Å². The van der Waals surface area contributed by atoms with E-state index in [0.717, 1.165) is 76.2 Å². The van der Waals surface area contributed by atoms with Crippen molar-refractivity contribution in [2.45, 2.75) is 58.7 Å². The summed E-state index contributed by atoms with van der Waals surface area (Å²) in [4.78, 5) is 50.2. The first-order valence-corrected chi connectivity index (χ1v) is 19.0. The zero-order valence-corrected chi connectivity index (χ0v) is 31.3. The van der Waals surface area contributed by atoms with Gasteiger partial charge in [0.1, 0.15) is 22.9 Å². The molecular formula is C40H45F2N11O2. The molecule has 2 N–H and O–H groups in total. The minimum absolute atomic E-state index is 0.00907. The Morgan fingerprint density at radius 2 is 1.60 bits per heavy atom. The van der Waals surface area contributed by atoms with Crippen LogP contribution in [-0.4, -0.2) is 98.1 Å². The number of aromatic nitrogens is 5. The lowest BCUT2D eigenvalue weighted by Crippen LogP contribution is -2.53. The largest absolute Gasteiger partial charge is 0.370 e. The van der Waals surface area contributed by atoms with Crippen LogP contribution >= 0.6 is 0 Å². The van der Waals surface area contributed by atoms with Gasteiger partial charge < -0.3 is 14.8 Å². The normalized spacial score (nSPS) is 17.7. The number of aryl methyl sites for hydroxylation is 1. The van der Waals surface area contributed by atoms with Crippen LogP contribution in [0.4, 0.5) is 36.7 Å². The molecule has 3 aliphatic heterocycles. The number of anilines is 4. The molecule has 0 radical (unpaired) electrons. The Morgan fingerprint density at radius 3 is 2.29 bits per heavy atom. The van der Waals surface area contributed by atoms with Gasteiger partial charge in [-0.05, 0) is 75.6 Å². The Morgan fingerprint density at radius 1 is 0.855 bits per heavy atom. The molecule has 6 heterocycles. The maximum absolute atomic E-state index is 15.1. The second-order valence-electron chi connectivity index (χ2n) is 14.8. The van der Waals surface area contributed by atoms with Crippen LogP contribution in [-0.2, 0) is 11.3 Å². The van der Waals surface area contributed by atoms with Crippen LogP contribution in [0.25, 0.3) is 22.3 Å². The second kappa shape index (κ2) is 15.3. The van der Waals surface area contributed by atoms with Crippen molar-refractivity contribution >= 4 is 46.1 Å². The van der Waals surface area contributed by atoms with Crippen molar-refractivity contribution in [3.63, 3.8) is 0 Å². The summed E-state index contributed by atoms with van der Waals surface area (Å²) in [6, 6.07) is 15.2. The highest BCUT2D eigenvalue weighted by atomic mass is 19.1. The average Bonchev–Trinajstić information content (AvgIpc) is 3.53. The number of fused-ring (bicyclic) bond motifs is 1. The molecule has 3 amide bonds. The number of imidazole rings is 1. The van der Waals surface area contributed by atoms with Crippen LogP contribution in [0.1, 0.15) is 50.5 Å². The molecule has 15 heteroatoms. The van der Waals surface area contributed by atoms with E-state index in [1.54, 1.807) is 11.0 Å². The van der Waals surface area contributed by atoms with Crippen LogP contribution < -0.4 is 20.4 Å². The van der Waals surface area contributed by atoms with Crippen LogP contribution in [0, 0.1) is 18.6 Å². The second-order valence-corrected chi connectivity index (χ2v) is 14.8. The van der Waals surface area contributed by atoms with Gasteiger partial charge in [0.2, 0.25) is 11.9 Å². The number of nitrogens with zero attached hydrogens (tertiary/aromatic N) is 9. The minimum Gasteiger partial charge on any atom is -0.370 e. The molecule has 8 rings (SSSR count). The Labute approximate surface area is 318 Å². The minimum atomic E-state index is -0.653. The van der Waals surface area contributed by atoms with Crippen molar-refractivity contribution in [1.29, 1.82) is 0 Å². The lowest BCUT2D eigenvalue weighted by molar-refractivity contribution is -0.120. The molecule has 0 bridgehead atoms. The topological polar surface area (TPSA) is 128 Å². The number of carbonyl (C=O) groups is 2. The maximum Gasteiger partial charge on any atom is 0.328 e. The fourth-order valence-corrected chi connectivity index (χ4v) is 8.07. The third kappa shape index (κ3) is 7.71. The van der Waals surface area contributed by atoms with Gasteiger partial charge in [-0.25, -0.2) is 33.5 Å². The summed E-state index contributed by atoms with van der Waals surface area (Å²) < 4.78 is 32.1. The number of nitrogens with one attached hydrogen (secondary N) is 2. The van der Waals surface area contributed by atoms with E-state index < -0.39 is 11.6 Å². The molecule has 0 aliphatic carbocycles. The number of pyridine rings is 1. The summed E-state index contributed by atoms with van der Waals surface area (Å²) in [6.07, 6.45) is 5.38. The molecule has 5 aromatic rings. The number of amides is 3. The van der Waals surface area contributed by atoms with Gasteiger partial charge in [-0.1, -0.05) is 12.1 Å². The highest BCUT2D eigenvalue weighted by Gasteiger charge is 2.28. The number of rotatable bonds is 9. The highest BCUT2D eigenvalue weighted by molar-refractivity contribution is 6.05. The van der Waals surface area contributed by atoms with Gasteiger partial charge in [-0.3, -0.25) is 24.8 Å². The Balaban J connectivity index is 0.825.